The number of benzene rings is 1. The van der Waals surface area contributed by atoms with Gasteiger partial charge in [-0.2, -0.15) is 0 Å². The van der Waals surface area contributed by atoms with Gasteiger partial charge in [-0.15, -0.1) is 11.3 Å². The Morgan fingerprint density at radius 2 is 1.90 bits per heavy atom. The van der Waals surface area contributed by atoms with Crippen molar-refractivity contribution in [1.29, 1.82) is 0 Å². The molecule has 1 aromatic carbocycles. The molecule has 2 rings (SSSR count). The van der Waals surface area contributed by atoms with Crippen LogP contribution in [0.15, 0.2) is 30.3 Å². The van der Waals surface area contributed by atoms with Crippen LogP contribution >= 0.6 is 11.3 Å². The van der Waals surface area contributed by atoms with E-state index in [2.05, 4.69) is 41.4 Å². The molecule has 0 aliphatic rings. The van der Waals surface area contributed by atoms with Gasteiger partial charge in [0.2, 0.25) is 0 Å². The molecule has 0 bridgehead atoms. The Kier molecular flexibility index (Phi) is 5.56. The molecule has 0 aliphatic heterocycles. The quantitative estimate of drug-likeness (QED) is 0.792. The number of thiazole rings is 1. The largest absolute Gasteiger partial charge is 0.354 e. The molecule has 4 heteroatoms. The summed E-state index contributed by atoms with van der Waals surface area (Å²) in [6, 6.07) is 10.5. The first-order valence-electron chi connectivity index (χ1n) is 7.15. The lowest BCUT2D eigenvalue weighted by molar-refractivity contribution is 0.674. The zero-order valence-corrected chi connectivity index (χ0v) is 13.3. The van der Waals surface area contributed by atoms with Gasteiger partial charge in [-0.3, -0.25) is 0 Å². The predicted molar refractivity (Wildman–Crippen MR) is 88.7 cm³/mol. The Bertz CT molecular complexity index is 520. The van der Waals surface area contributed by atoms with E-state index in [9.17, 15) is 0 Å². The zero-order chi connectivity index (χ0) is 14.4. The van der Waals surface area contributed by atoms with Crippen LogP contribution in [0.4, 0.5) is 5.13 Å². The molecule has 0 amide bonds. The summed E-state index contributed by atoms with van der Waals surface area (Å²) in [5.41, 5.74) is 2.35. The maximum atomic E-state index is 4.80. The summed E-state index contributed by atoms with van der Waals surface area (Å²) >= 11 is 1.80. The summed E-state index contributed by atoms with van der Waals surface area (Å²) in [5.74, 6) is 0. The maximum absolute atomic E-state index is 4.80. The van der Waals surface area contributed by atoms with Crippen LogP contribution in [0.1, 0.15) is 18.2 Å². The topological polar surface area (TPSA) is 28.2 Å². The minimum absolute atomic E-state index is 1.02. The van der Waals surface area contributed by atoms with E-state index in [0.717, 1.165) is 30.3 Å². The van der Waals surface area contributed by atoms with Gasteiger partial charge in [0.05, 0.1) is 5.69 Å². The van der Waals surface area contributed by atoms with Gasteiger partial charge in [0.15, 0.2) is 5.13 Å². The third-order valence-electron chi connectivity index (χ3n) is 3.07. The van der Waals surface area contributed by atoms with Gasteiger partial charge in [0, 0.05) is 31.1 Å². The molecule has 0 radical (unpaired) electrons. The van der Waals surface area contributed by atoms with Crippen LogP contribution in [0.25, 0.3) is 11.3 Å². The first kappa shape index (κ1) is 15.0. The van der Waals surface area contributed by atoms with Crippen molar-refractivity contribution in [3.05, 3.63) is 35.2 Å². The van der Waals surface area contributed by atoms with E-state index in [1.165, 1.54) is 16.9 Å². The Balaban J connectivity index is 2.20. The lowest BCUT2D eigenvalue weighted by Gasteiger charge is -2.05. The molecule has 0 aliphatic carbocycles. The molecule has 0 saturated carbocycles. The van der Waals surface area contributed by atoms with E-state index in [1.807, 2.05) is 20.2 Å². The number of nitrogens with one attached hydrogen (secondary N) is 1. The summed E-state index contributed by atoms with van der Waals surface area (Å²) in [4.78, 5) is 8.24. The normalized spacial score (nSPS) is 10.8. The summed E-state index contributed by atoms with van der Waals surface area (Å²) < 4.78 is 0. The van der Waals surface area contributed by atoms with Crippen LogP contribution in [0.5, 0.6) is 0 Å². The van der Waals surface area contributed by atoms with Crippen LogP contribution in [0.3, 0.4) is 0 Å². The highest BCUT2D eigenvalue weighted by atomic mass is 32.1. The smallest absolute Gasteiger partial charge is 0.185 e. The van der Waals surface area contributed by atoms with Crippen molar-refractivity contribution in [2.45, 2.75) is 19.8 Å². The monoisotopic (exact) mass is 289 g/mol. The fraction of sp³-hybridized carbons (Fsp3) is 0.438. The highest BCUT2D eigenvalue weighted by Gasteiger charge is 2.13. The molecule has 0 spiro atoms. The van der Waals surface area contributed by atoms with E-state index in [4.69, 9.17) is 4.98 Å². The van der Waals surface area contributed by atoms with Gasteiger partial charge < -0.3 is 10.2 Å². The molecular formula is C16H23N3S. The highest BCUT2D eigenvalue weighted by Crippen LogP contribution is 2.32. The second-order valence-corrected chi connectivity index (χ2v) is 6.09. The summed E-state index contributed by atoms with van der Waals surface area (Å²) in [6.07, 6.45) is 2.22. The Morgan fingerprint density at radius 3 is 2.55 bits per heavy atom. The van der Waals surface area contributed by atoms with Gasteiger partial charge >= 0.3 is 0 Å². The Labute approximate surface area is 125 Å². The summed E-state index contributed by atoms with van der Waals surface area (Å²) in [7, 11) is 4.10. The third-order valence-corrected chi connectivity index (χ3v) is 4.35. The second kappa shape index (κ2) is 7.41. The molecular weight excluding hydrogens is 266 g/mol. The first-order chi connectivity index (χ1) is 9.72. The van der Waals surface area contributed by atoms with Gasteiger partial charge in [-0.25, -0.2) is 4.98 Å². The highest BCUT2D eigenvalue weighted by molar-refractivity contribution is 7.16. The molecule has 0 atom stereocenters. The molecule has 3 nitrogen and oxygen atoms in total. The SMILES string of the molecule is CCCNCCc1sc(N(C)C)nc1-c1ccccc1. The van der Waals surface area contributed by atoms with Crippen molar-refractivity contribution in [1.82, 2.24) is 10.3 Å². The number of hydrogen-bond acceptors (Lipinski definition) is 4. The minimum atomic E-state index is 1.02. The molecule has 2 aromatic rings. The van der Waals surface area contributed by atoms with E-state index in [-0.39, 0.29) is 0 Å². The van der Waals surface area contributed by atoms with Gasteiger partial charge in [-0.05, 0) is 19.4 Å². The lowest BCUT2D eigenvalue weighted by atomic mass is 10.1. The van der Waals surface area contributed by atoms with Gasteiger partial charge in [0.25, 0.3) is 0 Å². The minimum Gasteiger partial charge on any atom is -0.354 e. The standard InChI is InChI=1S/C16H23N3S/c1-4-11-17-12-10-14-15(13-8-6-5-7-9-13)18-16(20-14)19(2)3/h5-9,17H,4,10-12H2,1-3H3. The third kappa shape index (κ3) is 3.81. The number of anilines is 1. The van der Waals surface area contributed by atoms with Crippen molar-refractivity contribution < 1.29 is 0 Å². The molecule has 20 heavy (non-hydrogen) atoms. The maximum Gasteiger partial charge on any atom is 0.185 e. The van der Waals surface area contributed by atoms with Crippen LogP contribution < -0.4 is 10.2 Å². The van der Waals surface area contributed by atoms with Gasteiger partial charge in [-0.1, -0.05) is 37.3 Å². The predicted octanol–water partition coefficient (Wildman–Crippen LogP) is 3.42. The van der Waals surface area contributed by atoms with Crippen LogP contribution in [0.2, 0.25) is 0 Å². The van der Waals surface area contributed by atoms with E-state index >= 15 is 0 Å². The lowest BCUT2D eigenvalue weighted by Crippen LogP contribution is -2.17. The molecule has 0 unspecified atom stereocenters. The van der Waals surface area contributed by atoms with Crippen molar-refractivity contribution in [2.75, 3.05) is 32.1 Å². The van der Waals surface area contributed by atoms with Crippen molar-refractivity contribution in [2.24, 2.45) is 0 Å². The molecule has 0 fully saturated rings. The Morgan fingerprint density at radius 1 is 1.15 bits per heavy atom. The number of nitrogens with zero attached hydrogens (tertiary/aromatic N) is 2. The van der Waals surface area contributed by atoms with E-state index in [1.54, 1.807) is 11.3 Å². The second-order valence-electron chi connectivity index (χ2n) is 5.03. The van der Waals surface area contributed by atoms with Crippen molar-refractivity contribution >= 4 is 16.5 Å². The molecule has 108 valence electrons. The summed E-state index contributed by atoms with van der Waals surface area (Å²) in [5, 5.41) is 4.54. The van der Waals surface area contributed by atoms with E-state index in [0.29, 0.717) is 0 Å². The zero-order valence-electron chi connectivity index (χ0n) is 12.5. The summed E-state index contributed by atoms with van der Waals surface area (Å²) in [6.45, 7) is 4.29. The fourth-order valence-electron chi connectivity index (χ4n) is 2.03. The number of aromatic nitrogens is 1. The number of rotatable bonds is 7. The molecule has 1 aromatic heterocycles. The first-order valence-corrected chi connectivity index (χ1v) is 7.97. The molecule has 1 heterocycles. The van der Waals surface area contributed by atoms with Crippen LogP contribution in [-0.4, -0.2) is 32.2 Å². The van der Waals surface area contributed by atoms with Gasteiger partial charge in [0.1, 0.15) is 0 Å². The van der Waals surface area contributed by atoms with E-state index < -0.39 is 0 Å². The van der Waals surface area contributed by atoms with Crippen molar-refractivity contribution in [3.63, 3.8) is 0 Å². The van der Waals surface area contributed by atoms with Crippen molar-refractivity contribution in [3.8, 4) is 11.3 Å². The van der Waals surface area contributed by atoms with Crippen LogP contribution in [-0.2, 0) is 6.42 Å². The van der Waals surface area contributed by atoms with Crippen LogP contribution in [0, 0.1) is 0 Å². The fourth-order valence-corrected chi connectivity index (χ4v) is 3.03. The molecule has 1 N–H and O–H groups in total. The average Bonchev–Trinajstić information content (AvgIpc) is 2.89. The molecule has 0 saturated heterocycles. The number of hydrogen-bond donors (Lipinski definition) is 1. The average molecular weight is 289 g/mol. The Hall–Kier alpha value is -1.39.